The lowest BCUT2D eigenvalue weighted by molar-refractivity contribution is -0.132. The quantitative estimate of drug-likeness (QED) is 0.531. The summed E-state index contributed by atoms with van der Waals surface area (Å²) >= 11 is 0. The maximum absolute atomic E-state index is 12.1. The van der Waals surface area contributed by atoms with E-state index >= 15 is 0 Å². The van der Waals surface area contributed by atoms with Crippen LogP contribution in [0, 0.1) is 13.8 Å². The highest BCUT2D eigenvalue weighted by molar-refractivity contribution is 6.00. The number of hydrogen-bond donors (Lipinski definition) is 1. The molecular weight excluding hydrogens is 402 g/mol. The third kappa shape index (κ3) is 3.36. The Morgan fingerprint density at radius 2 is 1.88 bits per heavy atom. The average molecular weight is 430 g/mol. The molecule has 1 aliphatic rings. The standard InChI is InChI=1S/C24H27N7O/c1-4-21(32)30-9-7-17(8-10-30)31-15(3)28-20-13-26-19-6-5-18(29-22(19)23(20)31)16-11-14(2)24(25)27-12-16/h5-6,11-13,17H,4,7-10H2,1-3H3,(H2,25,27). The summed E-state index contributed by atoms with van der Waals surface area (Å²) in [6, 6.07) is 6.25. The van der Waals surface area contributed by atoms with Gasteiger partial charge in [-0.05, 0) is 50.5 Å². The van der Waals surface area contributed by atoms with Crippen molar-refractivity contribution in [1.29, 1.82) is 0 Å². The van der Waals surface area contributed by atoms with E-state index in [4.69, 9.17) is 15.7 Å². The van der Waals surface area contributed by atoms with Gasteiger partial charge in [0.25, 0.3) is 0 Å². The maximum Gasteiger partial charge on any atom is 0.222 e. The Kier molecular flexibility index (Phi) is 5.00. The molecule has 0 radical (unpaired) electrons. The summed E-state index contributed by atoms with van der Waals surface area (Å²) in [5, 5.41) is 0. The number of rotatable bonds is 3. The lowest BCUT2D eigenvalue weighted by atomic mass is 10.0. The van der Waals surface area contributed by atoms with E-state index < -0.39 is 0 Å². The fraction of sp³-hybridized carbons (Fsp3) is 0.375. The monoisotopic (exact) mass is 429 g/mol. The van der Waals surface area contributed by atoms with Gasteiger partial charge in [0, 0.05) is 37.3 Å². The van der Waals surface area contributed by atoms with Gasteiger partial charge in [0.2, 0.25) is 5.91 Å². The molecule has 32 heavy (non-hydrogen) atoms. The molecule has 5 rings (SSSR count). The molecule has 0 bridgehead atoms. The number of anilines is 1. The summed E-state index contributed by atoms with van der Waals surface area (Å²) in [5.41, 5.74) is 12.1. The number of piperidine rings is 1. The number of carbonyl (C=O) groups is 1. The fourth-order valence-electron chi connectivity index (χ4n) is 4.68. The van der Waals surface area contributed by atoms with Crippen LogP contribution in [0.25, 0.3) is 33.3 Å². The molecule has 8 heteroatoms. The van der Waals surface area contributed by atoms with Crippen molar-refractivity contribution in [2.45, 2.75) is 46.1 Å². The van der Waals surface area contributed by atoms with Crippen LogP contribution < -0.4 is 5.73 Å². The van der Waals surface area contributed by atoms with Crippen LogP contribution in [0.4, 0.5) is 5.82 Å². The molecule has 0 spiro atoms. The largest absolute Gasteiger partial charge is 0.383 e. The van der Waals surface area contributed by atoms with Gasteiger partial charge in [0.1, 0.15) is 22.7 Å². The Hall–Kier alpha value is -3.55. The zero-order chi connectivity index (χ0) is 22.4. The fourth-order valence-corrected chi connectivity index (χ4v) is 4.68. The second-order valence-corrected chi connectivity index (χ2v) is 8.48. The molecule has 0 unspecified atom stereocenters. The molecule has 5 heterocycles. The molecule has 1 aliphatic heterocycles. The van der Waals surface area contributed by atoms with Crippen molar-refractivity contribution < 1.29 is 4.79 Å². The molecule has 4 aromatic rings. The Bertz CT molecular complexity index is 1340. The second kappa shape index (κ2) is 7.85. The lowest BCUT2D eigenvalue weighted by Gasteiger charge is -2.33. The summed E-state index contributed by atoms with van der Waals surface area (Å²) in [6.07, 6.45) is 5.95. The molecule has 4 aromatic heterocycles. The molecule has 0 atom stereocenters. The van der Waals surface area contributed by atoms with Crippen LogP contribution in [0.1, 0.15) is 43.6 Å². The minimum atomic E-state index is 0.226. The van der Waals surface area contributed by atoms with Crippen molar-refractivity contribution in [2.75, 3.05) is 18.8 Å². The van der Waals surface area contributed by atoms with Crippen molar-refractivity contribution >= 4 is 33.8 Å². The smallest absolute Gasteiger partial charge is 0.222 e. The number of hydrogen-bond acceptors (Lipinski definition) is 6. The summed E-state index contributed by atoms with van der Waals surface area (Å²) in [6.45, 7) is 7.44. The van der Waals surface area contributed by atoms with Gasteiger partial charge in [0.15, 0.2) is 0 Å². The van der Waals surface area contributed by atoms with E-state index in [1.165, 1.54) is 0 Å². The molecule has 8 nitrogen and oxygen atoms in total. The second-order valence-electron chi connectivity index (χ2n) is 8.48. The number of nitrogen functional groups attached to an aromatic ring is 1. The number of aryl methyl sites for hydroxylation is 2. The number of likely N-dealkylation sites (tertiary alicyclic amines) is 1. The van der Waals surface area contributed by atoms with Gasteiger partial charge in [-0.2, -0.15) is 0 Å². The topological polar surface area (TPSA) is 103 Å². The van der Waals surface area contributed by atoms with Gasteiger partial charge in [-0.3, -0.25) is 9.78 Å². The van der Waals surface area contributed by atoms with Gasteiger partial charge < -0.3 is 15.2 Å². The van der Waals surface area contributed by atoms with Crippen molar-refractivity contribution in [3.8, 4) is 11.3 Å². The molecule has 164 valence electrons. The van der Waals surface area contributed by atoms with Crippen molar-refractivity contribution in [3.05, 3.63) is 42.0 Å². The van der Waals surface area contributed by atoms with Crippen molar-refractivity contribution in [3.63, 3.8) is 0 Å². The highest BCUT2D eigenvalue weighted by Gasteiger charge is 2.26. The van der Waals surface area contributed by atoms with E-state index in [0.717, 1.165) is 70.6 Å². The molecule has 1 fully saturated rings. The van der Waals surface area contributed by atoms with Crippen molar-refractivity contribution in [1.82, 2.24) is 29.4 Å². The number of carbonyl (C=O) groups excluding carboxylic acids is 1. The number of imidazole rings is 1. The minimum absolute atomic E-state index is 0.226. The zero-order valence-corrected chi connectivity index (χ0v) is 18.7. The maximum atomic E-state index is 12.1. The average Bonchev–Trinajstić information content (AvgIpc) is 3.16. The SMILES string of the molecule is CCC(=O)N1CCC(n2c(C)nc3cnc4ccc(-c5cnc(N)c(C)c5)nc4c32)CC1. The molecule has 1 saturated heterocycles. The highest BCUT2D eigenvalue weighted by Crippen LogP contribution is 2.33. The summed E-state index contributed by atoms with van der Waals surface area (Å²) < 4.78 is 2.30. The van der Waals surface area contributed by atoms with Gasteiger partial charge >= 0.3 is 0 Å². The van der Waals surface area contributed by atoms with Gasteiger partial charge in [-0.25, -0.2) is 15.0 Å². The van der Waals surface area contributed by atoms with Crippen LogP contribution in [-0.2, 0) is 4.79 Å². The van der Waals surface area contributed by atoms with Crippen LogP contribution in [0.5, 0.6) is 0 Å². The van der Waals surface area contributed by atoms with E-state index in [1.807, 2.05) is 50.1 Å². The molecular formula is C24H27N7O. The predicted molar refractivity (Wildman–Crippen MR) is 125 cm³/mol. The number of pyridine rings is 3. The summed E-state index contributed by atoms with van der Waals surface area (Å²) in [4.78, 5) is 32.8. The molecule has 0 saturated carbocycles. The van der Waals surface area contributed by atoms with E-state index in [2.05, 4.69) is 14.5 Å². The van der Waals surface area contributed by atoms with Crippen LogP contribution in [0.15, 0.2) is 30.6 Å². The summed E-state index contributed by atoms with van der Waals surface area (Å²) in [5.74, 6) is 1.70. The first-order valence-electron chi connectivity index (χ1n) is 11.1. The number of amides is 1. The van der Waals surface area contributed by atoms with Crippen molar-refractivity contribution in [2.24, 2.45) is 0 Å². The van der Waals surface area contributed by atoms with Crippen LogP contribution >= 0.6 is 0 Å². The lowest BCUT2D eigenvalue weighted by Crippen LogP contribution is -2.38. The predicted octanol–water partition coefficient (Wildman–Crippen LogP) is 3.81. The van der Waals surface area contributed by atoms with Crippen LogP contribution in [0.3, 0.4) is 0 Å². The number of fused-ring (bicyclic) bond motifs is 3. The van der Waals surface area contributed by atoms with Gasteiger partial charge in [-0.1, -0.05) is 6.92 Å². The first-order valence-corrected chi connectivity index (χ1v) is 11.1. The third-order valence-electron chi connectivity index (χ3n) is 6.44. The molecule has 0 aromatic carbocycles. The number of nitrogens with two attached hydrogens (primary N) is 1. The van der Waals surface area contributed by atoms with E-state index in [-0.39, 0.29) is 11.9 Å². The third-order valence-corrected chi connectivity index (χ3v) is 6.44. The van der Waals surface area contributed by atoms with E-state index in [1.54, 1.807) is 6.20 Å². The van der Waals surface area contributed by atoms with E-state index in [9.17, 15) is 4.79 Å². The zero-order valence-electron chi connectivity index (χ0n) is 18.7. The molecule has 2 N–H and O–H groups in total. The number of nitrogens with zero attached hydrogens (tertiary/aromatic N) is 6. The Morgan fingerprint density at radius 3 is 2.59 bits per heavy atom. The molecule has 0 aliphatic carbocycles. The molecule has 1 amide bonds. The van der Waals surface area contributed by atoms with Crippen LogP contribution in [0.2, 0.25) is 0 Å². The van der Waals surface area contributed by atoms with E-state index in [0.29, 0.717) is 12.2 Å². The Labute approximate surface area is 186 Å². The first-order chi connectivity index (χ1) is 15.5. The minimum Gasteiger partial charge on any atom is -0.383 e. The number of aromatic nitrogens is 5. The Balaban J connectivity index is 1.61. The highest BCUT2D eigenvalue weighted by atomic mass is 16.2. The normalized spacial score (nSPS) is 15.0. The Morgan fingerprint density at radius 1 is 1.09 bits per heavy atom. The summed E-state index contributed by atoms with van der Waals surface area (Å²) in [7, 11) is 0. The van der Waals surface area contributed by atoms with Gasteiger partial charge in [0.05, 0.1) is 22.9 Å². The van der Waals surface area contributed by atoms with Gasteiger partial charge in [-0.15, -0.1) is 0 Å². The van der Waals surface area contributed by atoms with Crippen LogP contribution in [-0.4, -0.2) is 48.4 Å². The first kappa shape index (κ1) is 20.4.